The normalized spacial score (nSPS) is 10.6. The standard InChI is InChI=1S/C11H6N4/c12-4-7-1-8-2-10-11(15-6-14-10)3-9(8)13-5-7/h1-3,5-6H,(H,14,15). The SMILES string of the molecule is N#Cc1cnc2cc3[nH]cnc3cc2c1. The smallest absolute Gasteiger partial charge is 0.101 e. The van der Waals surface area contributed by atoms with Gasteiger partial charge in [-0.15, -0.1) is 0 Å². The summed E-state index contributed by atoms with van der Waals surface area (Å²) < 4.78 is 0. The van der Waals surface area contributed by atoms with Crippen LogP contribution in [-0.2, 0) is 0 Å². The first kappa shape index (κ1) is 7.94. The highest BCUT2D eigenvalue weighted by atomic mass is 14.9. The molecule has 0 amide bonds. The number of imidazole rings is 1. The van der Waals surface area contributed by atoms with E-state index >= 15 is 0 Å². The number of pyridine rings is 1. The number of hydrogen-bond donors (Lipinski definition) is 1. The Morgan fingerprint density at radius 1 is 1.13 bits per heavy atom. The fourth-order valence-electron chi connectivity index (χ4n) is 1.62. The molecular formula is C11H6N4. The van der Waals surface area contributed by atoms with Crippen LogP contribution in [0.3, 0.4) is 0 Å². The summed E-state index contributed by atoms with van der Waals surface area (Å²) in [7, 11) is 0. The van der Waals surface area contributed by atoms with Crippen LogP contribution in [0.5, 0.6) is 0 Å². The van der Waals surface area contributed by atoms with E-state index in [1.807, 2.05) is 18.2 Å². The fourth-order valence-corrected chi connectivity index (χ4v) is 1.62. The Labute approximate surface area is 85.2 Å². The zero-order valence-corrected chi connectivity index (χ0v) is 7.73. The van der Waals surface area contributed by atoms with E-state index in [2.05, 4.69) is 21.0 Å². The van der Waals surface area contributed by atoms with E-state index in [0.29, 0.717) is 5.56 Å². The molecule has 3 rings (SSSR count). The van der Waals surface area contributed by atoms with Gasteiger partial charge >= 0.3 is 0 Å². The van der Waals surface area contributed by atoms with Crippen LogP contribution in [-0.4, -0.2) is 15.0 Å². The van der Waals surface area contributed by atoms with Crippen LogP contribution >= 0.6 is 0 Å². The van der Waals surface area contributed by atoms with Crippen LogP contribution in [0.15, 0.2) is 30.7 Å². The van der Waals surface area contributed by atoms with Crippen molar-refractivity contribution < 1.29 is 0 Å². The fraction of sp³-hybridized carbons (Fsp3) is 0. The highest BCUT2D eigenvalue weighted by Crippen LogP contribution is 2.19. The Morgan fingerprint density at radius 3 is 2.93 bits per heavy atom. The van der Waals surface area contributed by atoms with Crippen molar-refractivity contribution in [1.29, 1.82) is 5.26 Å². The summed E-state index contributed by atoms with van der Waals surface area (Å²) in [6.45, 7) is 0. The van der Waals surface area contributed by atoms with Gasteiger partial charge in [0.25, 0.3) is 0 Å². The third-order valence-corrected chi connectivity index (χ3v) is 2.35. The molecule has 0 aliphatic carbocycles. The Kier molecular flexibility index (Phi) is 1.48. The molecule has 0 bridgehead atoms. The molecule has 3 aromatic rings. The lowest BCUT2D eigenvalue weighted by molar-refractivity contribution is 1.34. The number of aromatic amines is 1. The van der Waals surface area contributed by atoms with Gasteiger partial charge in [-0.1, -0.05) is 0 Å². The van der Waals surface area contributed by atoms with Crippen molar-refractivity contribution in [2.75, 3.05) is 0 Å². The highest BCUT2D eigenvalue weighted by Gasteiger charge is 2.01. The summed E-state index contributed by atoms with van der Waals surface area (Å²) in [5.74, 6) is 0. The summed E-state index contributed by atoms with van der Waals surface area (Å²) in [6.07, 6.45) is 3.22. The average Bonchev–Trinajstić information content (AvgIpc) is 2.72. The predicted octanol–water partition coefficient (Wildman–Crippen LogP) is 1.98. The van der Waals surface area contributed by atoms with E-state index in [0.717, 1.165) is 21.9 Å². The van der Waals surface area contributed by atoms with E-state index in [1.54, 1.807) is 12.5 Å². The molecule has 4 heteroatoms. The van der Waals surface area contributed by atoms with Crippen molar-refractivity contribution in [3.8, 4) is 6.07 Å². The first-order valence-electron chi connectivity index (χ1n) is 4.50. The van der Waals surface area contributed by atoms with Crippen molar-refractivity contribution >= 4 is 21.9 Å². The minimum absolute atomic E-state index is 0.567. The molecule has 0 saturated carbocycles. The first-order valence-corrected chi connectivity index (χ1v) is 4.50. The molecule has 0 aliphatic heterocycles. The molecule has 0 saturated heterocycles. The monoisotopic (exact) mass is 194 g/mol. The maximum atomic E-state index is 8.76. The molecule has 1 aromatic carbocycles. The summed E-state index contributed by atoms with van der Waals surface area (Å²) in [5, 5.41) is 9.70. The molecule has 0 radical (unpaired) electrons. The number of benzene rings is 1. The van der Waals surface area contributed by atoms with Crippen LogP contribution in [0.2, 0.25) is 0 Å². The van der Waals surface area contributed by atoms with Crippen LogP contribution in [0.1, 0.15) is 5.56 Å². The number of aromatic nitrogens is 3. The van der Waals surface area contributed by atoms with Gasteiger partial charge in [0.05, 0.1) is 28.4 Å². The van der Waals surface area contributed by atoms with Gasteiger partial charge in [-0.3, -0.25) is 4.98 Å². The van der Waals surface area contributed by atoms with Gasteiger partial charge < -0.3 is 4.98 Å². The third-order valence-electron chi connectivity index (χ3n) is 2.35. The molecule has 0 fully saturated rings. The maximum Gasteiger partial charge on any atom is 0.101 e. The van der Waals surface area contributed by atoms with Crippen LogP contribution < -0.4 is 0 Å². The van der Waals surface area contributed by atoms with Crippen molar-refractivity contribution in [3.63, 3.8) is 0 Å². The van der Waals surface area contributed by atoms with Crippen molar-refractivity contribution in [1.82, 2.24) is 15.0 Å². The summed E-state index contributed by atoms with van der Waals surface area (Å²) in [4.78, 5) is 11.4. The molecule has 0 aliphatic rings. The topological polar surface area (TPSA) is 65.4 Å². The lowest BCUT2D eigenvalue weighted by Crippen LogP contribution is -1.82. The van der Waals surface area contributed by atoms with E-state index in [-0.39, 0.29) is 0 Å². The van der Waals surface area contributed by atoms with E-state index < -0.39 is 0 Å². The van der Waals surface area contributed by atoms with E-state index in [4.69, 9.17) is 5.26 Å². The molecular weight excluding hydrogens is 188 g/mol. The average molecular weight is 194 g/mol. The number of nitriles is 1. The van der Waals surface area contributed by atoms with Gasteiger partial charge in [-0.05, 0) is 18.2 Å². The zero-order valence-electron chi connectivity index (χ0n) is 7.73. The quantitative estimate of drug-likeness (QED) is 0.595. The second-order valence-electron chi connectivity index (χ2n) is 3.30. The second-order valence-corrected chi connectivity index (χ2v) is 3.30. The number of fused-ring (bicyclic) bond motifs is 2. The van der Waals surface area contributed by atoms with Gasteiger partial charge in [-0.2, -0.15) is 5.26 Å². The zero-order chi connectivity index (χ0) is 10.3. The second kappa shape index (κ2) is 2.79. The molecule has 0 unspecified atom stereocenters. The minimum atomic E-state index is 0.567. The van der Waals surface area contributed by atoms with Crippen LogP contribution in [0.25, 0.3) is 21.9 Å². The van der Waals surface area contributed by atoms with Gasteiger partial charge in [0, 0.05) is 11.6 Å². The number of nitrogens with one attached hydrogen (secondary N) is 1. The first-order chi connectivity index (χ1) is 7.36. The Bertz CT molecular complexity index is 690. The molecule has 0 atom stereocenters. The van der Waals surface area contributed by atoms with Crippen LogP contribution in [0, 0.1) is 11.3 Å². The Hall–Kier alpha value is -2.41. The number of H-pyrrole nitrogens is 1. The van der Waals surface area contributed by atoms with Gasteiger partial charge in [-0.25, -0.2) is 4.98 Å². The van der Waals surface area contributed by atoms with Crippen molar-refractivity contribution in [2.24, 2.45) is 0 Å². The predicted molar refractivity (Wildman–Crippen MR) is 56.1 cm³/mol. The van der Waals surface area contributed by atoms with Gasteiger partial charge in [0.2, 0.25) is 0 Å². The Morgan fingerprint density at radius 2 is 2.07 bits per heavy atom. The molecule has 1 N–H and O–H groups in total. The van der Waals surface area contributed by atoms with Crippen molar-refractivity contribution in [3.05, 3.63) is 36.3 Å². The number of nitrogens with zero attached hydrogens (tertiary/aromatic N) is 3. The highest BCUT2D eigenvalue weighted by molar-refractivity contribution is 5.93. The van der Waals surface area contributed by atoms with E-state index in [1.165, 1.54) is 0 Å². The third kappa shape index (κ3) is 1.14. The molecule has 4 nitrogen and oxygen atoms in total. The molecule has 2 aromatic heterocycles. The van der Waals surface area contributed by atoms with Gasteiger partial charge in [0.1, 0.15) is 6.07 Å². The largest absolute Gasteiger partial charge is 0.345 e. The molecule has 15 heavy (non-hydrogen) atoms. The lowest BCUT2D eigenvalue weighted by Gasteiger charge is -1.97. The Balaban J connectivity index is 2.45. The van der Waals surface area contributed by atoms with Crippen LogP contribution in [0.4, 0.5) is 0 Å². The number of hydrogen-bond acceptors (Lipinski definition) is 3. The summed E-state index contributed by atoms with van der Waals surface area (Å²) in [6, 6.07) is 7.74. The molecule has 2 heterocycles. The summed E-state index contributed by atoms with van der Waals surface area (Å²) in [5.41, 5.74) is 3.28. The number of rotatable bonds is 0. The molecule has 0 spiro atoms. The minimum Gasteiger partial charge on any atom is -0.345 e. The lowest BCUT2D eigenvalue weighted by atomic mass is 10.1. The van der Waals surface area contributed by atoms with E-state index in [9.17, 15) is 0 Å². The maximum absolute atomic E-state index is 8.76. The molecule has 70 valence electrons. The summed E-state index contributed by atoms with van der Waals surface area (Å²) >= 11 is 0. The van der Waals surface area contributed by atoms with Crippen molar-refractivity contribution in [2.45, 2.75) is 0 Å². The van der Waals surface area contributed by atoms with Gasteiger partial charge in [0.15, 0.2) is 0 Å².